The lowest BCUT2D eigenvalue weighted by Crippen LogP contribution is -2.47. The summed E-state index contributed by atoms with van der Waals surface area (Å²) in [5, 5.41) is 11.3. The normalized spacial score (nSPS) is 16.3. The third kappa shape index (κ3) is 4.63. The predicted octanol–water partition coefficient (Wildman–Crippen LogP) is 1.64. The Hall–Kier alpha value is -2.28. The first-order chi connectivity index (χ1) is 12.0. The van der Waals surface area contributed by atoms with E-state index in [1.807, 2.05) is 19.1 Å². The standard InChI is InChI=1S/C18H26N6O/c1-13(2)23-8-5-15(6-9-23)20-18(25)12-24-11-17(21-22-24)16-10-14(3)4-7-19-16/h4,7,10-11,13,15H,5-6,8-9,12H2,1-3H3,(H,20,25). The van der Waals surface area contributed by atoms with Crippen LogP contribution in [0.3, 0.4) is 0 Å². The van der Waals surface area contributed by atoms with E-state index >= 15 is 0 Å². The maximum Gasteiger partial charge on any atom is 0.242 e. The van der Waals surface area contributed by atoms with Crippen LogP contribution in [-0.2, 0) is 11.3 Å². The molecule has 3 heterocycles. The first-order valence-electron chi connectivity index (χ1n) is 8.88. The van der Waals surface area contributed by atoms with Crippen molar-refractivity contribution < 1.29 is 4.79 Å². The molecule has 1 fully saturated rings. The molecule has 25 heavy (non-hydrogen) atoms. The van der Waals surface area contributed by atoms with Crippen LogP contribution in [-0.4, -0.2) is 56.0 Å². The highest BCUT2D eigenvalue weighted by molar-refractivity contribution is 5.76. The first-order valence-corrected chi connectivity index (χ1v) is 8.88. The number of rotatable bonds is 5. The van der Waals surface area contributed by atoms with E-state index in [4.69, 9.17) is 0 Å². The zero-order chi connectivity index (χ0) is 17.8. The molecular weight excluding hydrogens is 316 g/mol. The summed E-state index contributed by atoms with van der Waals surface area (Å²) in [4.78, 5) is 19.0. The van der Waals surface area contributed by atoms with Gasteiger partial charge in [-0.05, 0) is 51.3 Å². The molecule has 7 nitrogen and oxygen atoms in total. The number of carbonyl (C=O) groups excluding carboxylic acids is 1. The molecule has 1 saturated heterocycles. The average molecular weight is 342 g/mol. The van der Waals surface area contributed by atoms with Gasteiger partial charge in [0.25, 0.3) is 0 Å². The van der Waals surface area contributed by atoms with Crippen LogP contribution in [0.25, 0.3) is 11.4 Å². The van der Waals surface area contributed by atoms with Crippen molar-refractivity contribution in [2.45, 2.75) is 52.2 Å². The molecular formula is C18H26N6O. The van der Waals surface area contributed by atoms with Gasteiger partial charge in [-0.15, -0.1) is 5.10 Å². The molecule has 0 bridgehead atoms. The molecule has 1 N–H and O–H groups in total. The van der Waals surface area contributed by atoms with Crippen LogP contribution in [0.4, 0.5) is 0 Å². The van der Waals surface area contributed by atoms with Gasteiger partial charge in [-0.3, -0.25) is 9.78 Å². The highest BCUT2D eigenvalue weighted by atomic mass is 16.2. The average Bonchev–Trinajstić information content (AvgIpc) is 3.03. The second kappa shape index (κ2) is 7.74. The lowest BCUT2D eigenvalue weighted by molar-refractivity contribution is -0.122. The van der Waals surface area contributed by atoms with Gasteiger partial charge in [0.2, 0.25) is 5.91 Å². The summed E-state index contributed by atoms with van der Waals surface area (Å²) in [5.74, 6) is -0.0170. The van der Waals surface area contributed by atoms with Crippen LogP contribution in [0.15, 0.2) is 24.5 Å². The number of pyridine rings is 1. The van der Waals surface area contributed by atoms with Crippen LogP contribution < -0.4 is 5.32 Å². The van der Waals surface area contributed by atoms with Gasteiger partial charge in [0, 0.05) is 31.4 Å². The molecule has 0 radical (unpaired) electrons. The Labute approximate surface area is 148 Å². The lowest BCUT2D eigenvalue weighted by Gasteiger charge is -2.34. The van der Waals surface area contributed by atoms with Gasteiger partial charge in [-0.25, -0.2) is 4.68 Å². The van der Waals surface area contributed by atoms with Crippen molar-refractivity contribution in [2.24, 2.45) is 0 Å². The van der Waals surface area contributed by atoms with Crippen LogP contribution in [0.1, 0.15) is 32.3 Å². The molecule has 2 aromatic rings. The SMILES string of the molecule is Cc1ccnc(-c2cn(CC(=O)NC3CCN(C(C)C)CC3)nn2)c1. The first kappa shape index (κ1) is 17.5. The molecule has 134 valence electrons. The van der Waals surface area contributed by atoms with Gasteiger partial charge in [0.15, 0.2) is 0 Å². The molecule has 0 saturated carbocycles. The second-order valence-electron chi connectivity index (χ2n) is 6.99. The topological polar surface area (TPSA) is 75.9 Å². The van der Waals surface area contributed by atoms with Gasteiger partial charge in [-0.1, -0.05) is 5.21 Å². The summed E-state index contributed by atoms with van der Waals surface area (Å²) in [6.07, 6.45) is 5.52. The molecule has 1 aliphatic heterocycles. The monoisotopic (exact) mass is 342 g/mol. The molecule has 7 heteroatoms. The summed E-state index contributed by atoms with van der Waals surface area (Å²) in [6.45, 7) is 8.69. The maximum absolute atomic E-state index is 12.3. The van der Waals surface area contributed by atoms with E-state index in [9.17, 15) is 4.79 Å². The van der Waals surface area contributed by atoms with Crippen LogP contribution >= 0.6 is 0 Å². The zero-order valence-corrected chi connectivity index (χ0v) is 15.1. The van der Waals surface area contributed by atoms with Crippen molar-refractivity contribution in [1.29, 1.82) is 0 Å². The third-order valence-corrected chi connectivity index (χ3v) is 4.65. The Kier molecular flexibility index (Phi) is 5.43. The Morgan fingerprint density at radius 3 is 2.76 bits per heavy atom. The summed E-state index contributed by atoms with van der Waals surface area (Å²) in [7, 11) is 0. The number of hydrogen-bond acceptors (Lipinski definition) is 5. The van der Waals surface area contributed by atoms with E-state index in [1.165, 1.54) is 0 Å². The van der Waals surface area contributed by atoms with Gasteiger partial charge in [0.05, 0.1) is 11.9 Å². The molecule has 0 atom stereocenters. The minimum atomic E-state index is -0.0170. The number of nitrogens with one attached hydrogen (secondary N) is 1. The van der Waals surface area contributed by atoms with Crippen molar-refractivity contribution >= 4 is 5.91 Å². The number of nitrogens with zero attached hydrogens (tertiary/aromatic N) is 5. The highest BCUT2D eigenvalue weighted by Crippen LogP contribution is 2.15. The Morgan fingerprint density at radius 2 is 2.08 bits per heavy atom. The number of aryl methyl sites for hydroxylation is 1. The molecule has 2 aromatic heterocycles. The van der Waals surface area contributed by atoms with Gasteiger partial charge in [-0.2, -0.15) is 0 Å². The summed E-state index contributed by atoms with van der Waals surface area (Å²) in [6, 6.07) is 4.72. The summed E-state index contributed by atoms with van der Waals surface area (Å²) in [5.41, 5.74) is 2.57. The highest BCUT2D eigenvalue weighted by Gasteiger charge is 2.22. The van der Waals surface area contributed by atoms with E-state index in [1.54, 1.807) is 17.1 Å². The number of aromatic nitrogens is 4. The van der Waals surface area contributed by atoms with E-state index in [-0.39, 0.29) is 18.5 Å². The zero-order valence-electron chi connectivity index (χ0n) is 15.1. The van der Waals surface area contributed by atoms with Crippen LogP contribution in [0.2, 0.25) is 0 Å². The molecule has 0 spiro atoms. The number of amides is 1. The lowest BCUT2D eigenvalue weighted by atomic mass is 10.0. The van der Waals surface area contributed by atoms with E-state index in [2.05, 4.69) is 39.4 Å². The van der Waals surface area contributed by atoms with E-state index in [0.29, 0.717) is 11.7 Å². The Balaban J connectivity index is 1.52. The number of piperidine rings is 1. The number of carbonyl (C=O) groups is 1. The minimum Gasteiger partial charge on any atom is -0.352 e. The fourth-order valence-electron chi connectivity index (χ4n) is 3.15. The summed E-state index contributed by atoms with van der Waals surface area (Å²) >= 11 is 0. The fourth-order valence-corrected chi connectivity index (χ4v) is 3.15. The van der Waals surface area contributed by atoms with Crippen molar-refractivity contribution in [3.05, 3.63) is 30.1 Å². The predicted molar refractivity (Wildman–Crippen MR) is 95.9 cm³/mol. The number of likely N-dealkylation sites (tertiary alicyclic amines) is 1. The van der Waals surface area contributed by atoms with E-state index < -0.39 is 0 Å². The largest absolute Gasteiger partial charge is 0.352 e. The van der Waals surface area contributed by atoms with Crippen molar-refractivity contribution in [1.82, 2.24) is 30.2 Å². The van der Waals surface area contributed by atoms with E-state index in [0.717, 1.165) is 37.2 Å². The van der Waals surface area contributed by atoms with Crippen LogP contribution in [0, 0.1) is 6.92 Å². The van der Waals surface area contributed by atoms with Gasteiger partial charge >= 0.3 is 0 Å². The summed E-state index contributed by atoms with van der Waals surface area (Å²) < 4.78 is 1.57. The Bertz CT molecular complexity index is 718. The fraction of sp³-hybridized carbons (Fsp3) is 0.556. The van der Waals surface area contributed by atoms with Crippen molar-refractivity contribution in [3.8, 4) is 11.4 Å². The molecule has 1 aliphatic rings. The molecule has 0 unspecified atom stereocenters. The van der Waals surface area contributed by atoms with Gasteiger partial charge in [0.1, 0.15) is 12.2 Å². The quantitative estimate of drug-likeness (QED) is 0.894. The smallest absolute Gasteiger partial charge is 0.242 e. The molecule has 1 amide bonds. The maximum atomic E-state index is 12.3. The van der Waals surface area contributed by atoms with Crippen molar-refractivity contribution in [2.75, 3.05) is 13.1 Å². The molecule has 0 aromatic carbocycles. The van der Waals surface area contributed by atoms with Crippen LogP contribution in [0.5, 0.6) is 0 Å². The molecule has 3 rings (SSSR count). The van der Waals surface area contributed by atoms with Crippen molar-refractivity contribution in [3.63, 3.8) is 0 Å². The number of hydrogen-bond donors (Lipinski definition) is 1. The Morgan fingerprint density at radius 1 is 1.32 bits per heavy atom. The van der Waals surface area contributed by atoms with Gasteiger partial charge < -0.3 is 10.2 Å². The third-order valence-electron chi connectivity index (χ3n) is 4.65. The minimum absolute atomic E-state index is 0.0170. The molecule has 0 aliphatic carbocycles. The second-order valence-corrected chi connectivity index (χ2v) is 6.99.